The SMILES string of the molecule is O=C(N/N=C\c1cccc(OCc2cccc(Cl)c2)c1)c1ccc(F)cc1. The molecule has 0 unspecified atom stereocenters. The maximum atomic E-state index is 12.9. The summed E-state index contributed by atoms with van der Waals surface area (Å²) < 4.78 is 18.6. The Morgan fingerprint density at radius 3 is 2.63 bits per heavy atom. The molecule has 0 aliphatic rings. The van der Waals surface area contributed by atoms with Gasteiger partial charge in [-0.3, -0.25) is 4.79 Å². The van der Waals surface area contributed by atoms with E-state index in [9.17, 15) is 9.18 Å². The number of halogens is 2. The number of carbonyl (C=O) groups excluding carboxylic acids is 1. The molecule has 3 aromatic carbocycles. The van der Waals surface area contributed by atoms with Gasteiger partial charge in [0.15, 0.2) is 0 Å². The van der Waals surface area contributed by atoms with Crippen molar-refractivity contribution in [2.75, 3.05) is 0 Å². The molecule has 0 aromatic heterocycles. The molecule has 3 aromatic rings. The van der Waals surface area contributed by atoms with Crippen molar-refractivity contribution in [3.63, 3.8) is 0 Å². The van der Waals surface area contributed by atoms with Gasteiger partial charge in [0.05, 0.1) is 6.21 Å². The van der Waals surface area contributed by atoms with E-state index in [-0.39, 0.29) is 0 Å². The molecule has 0 saturated heterocycles. The van der Waals surface area contributed by atoms with Gasteiger partial charge >= 0.3 is 0 Å². The quantitative estimate of drug-likeness (QED) is 0.490. The summed E-state index contributed by atoms with van der Waals surface area (Å²) in [6.45, 7) is 0.391. The van der Waals surface area contributed by atoms with Crippen LogP contribution in [0.2, 0.25) is 5.02 Å². The minimum atomic E-state index is -0.417. The number of rotatable bonds is 6. The maximum absolute atomic E-state index is 12.9. The molecule has 0 aliphatic heterocycles. The Morgan fingerprint density at radius 2 is 1.85 bits per heavy atom. The topological polar surface area (TPSA) is 50.7 Å². The third-order valence-electron chi connectivity index (χ3n) is 3.64. The van der Waals surface area contributed by atoms with Crippen molar-refractivity contribution in [2.24, 2.45) is 5.10 Å². The highest BCUT2D eigenvalue weighted by Gasteiger charge is 2.03. The molecule has 0 heterocycles. The lowest BCUT2D eigenvalue weighted by Gasteiger charge is -2.07. The van der Waals surface area contributed by atoms with E-state index in [2.05, 4.69) is 10.5 Å². The van der Waals surface area contributed by atoms with Gasteiger partial charge in [-0.2, -0.15) is 5.10 Å². The van der Waals surface area contributed by atoms with E-state index in [0.29, 0.717) is 22.9 Å². The molecule has 136 valence electrons. The Morgan fingerprint density at radius 1 is 1.07 bits per heavy atom. The zero-order chi connectivity index (χ0) is 19.1. The van der Waals surface area contributed by atoms with Gasteiger partial charge in [0.1, 0.15) is 18.2 Å². The molecule has 0 atom stereocenters. The van der Waals surface area contributed by atoms with Gasteiger partial charge in [-0.25, -0.2) is 9.82 Å². The molecule has 1 N–H and O–H groups in total. The van der Waals surface area contributed by atoms with Crippen LogP contribution in [0.5, 0.6) is 5.75 Å². The van der Waals surface area contributed by atoms with Crippen LogP contribution in [-0.2, 0) is 6.61 Å². The average Bonchev–Trinajstić information content (AvgIpc) is 2.67. The van der Waals surface area contributed by atoms with E-state index < -0.39 is 11.7 Å². The van der Waals surface area contributed by atoms with Crippen molar-refractivity contribution in [2.45, 2.75) is 6.61 Å². The van der Waals surface area contributed by atoms with Crippen LogP contribution in [0.25, 0.3) is 0 Å². The van der Waals surface area contributed by atoms with Gasteiger partial charge in [0, 0.05) is 10.6 Å². The fourth-order valence-electron chi connectivity index (χ4n) is 2.31. The number of hydrogen-bond donors (Lipinski definition) is 1. The lowest BCUT2D eigenvalue weighted by atomic mass is 10.2. The molecule has 0 bridgehead atoms. The molecule has 1 amide bonds. The van der Waals surface area contributed by atoms with E-state index in [1.807, 2.05) is 42.5 Å². The third-order valence-corrected chi connectivity index (χ3v) is 3.87. The molecule has 6 heteroatoms. The van der Waals surface area contributed by atoms with E-state index in [4.69, 9.17) is 16.3 Å². The van der Waals surface area contributed by atoms with Gasteiger partial charge in [-0.05, 0) is 59.7 Å². The van der Waals surface area contributed by atoms with Crippen molar-refractivity contribution in [1.82, 2.24) is 5.43 Å². The number of ether oxygens (including phenoxy) is 1. The monoisotopic (exact) mass is 382 g/mol. The second-order valence-corrected chi connectivity index (χ2v) is 6.13. The zero-order valence-corrected chi connectivity index (χ0v) is 15.0. The molecule has 0 fully saturated rings. The second-order valence-electron chi connectivity index (χ2n) is 5.70. The van der Waals surface area contributed by atoms with Crippen molar-refractivity contribution in [1.29, 1.82) is 0 Å². The summed E-state index contributed by atoms with van der Waals surface area (Å²) in [5.74, 6) is -0.145. The average molecular weight is 383 g/mol. The van der Waals surface area contributed by atoms with Crippen molar-refractivity contribution < 1.29 is 13.9 Å². The minimum Gasteiger partial charge on any atom is -0.489 e. The van der Waals surface area contributed by atoms with Crippen LogP contribution in [0, 0.1) is 5.82 Å². The Kier molecular flexibility index (Phi) is 6.18. The predicted molar refractivity (Wildman–Crippen MR) is 104 cm³/mol. The first kappa shape index (κ1) is 18.6. The van der Waals surface area contributed by atoms with Crippen LogP contribution in [0.1, 0.15) is 21.5 Å². The molecular formula is C21H16ClFN2O2. The Bertz CT molecular complexity index is 958. The summed E-state index contributed by atoms with van der Waals surface area (Å²) >= 11 is 5.96. The zero-order valence-electron chi connectivity index (χ0n) is 14.2. The first-order valence-corrected chi connectivity index (χ1v) is 8.54. The normalized spacial score (nSPS) is 10.7. The van der Waals surface area contributed by atoms with Gasteiger partial charge in [0.2, 0.25) is 0 Å². The first-order valence-electron chi connectivity index (χ1n) is 8.16. The Labute approximate surface area is 161 Å². The molecular weight excluding hydrogens is 367 g/mol. The van der Waals surface area contributed by atoms with Crippen LogP contribution in [0.15, 0.2) is 77.9 Å². The van der Waals surface area contributed by atoms with Crippen molar-refractivity contribution in [3.8, 4) is 5.75 Å². The number of hydrogen-bond acceptors (Lipinski definition) is 3. The number of amides is 1. The highest BCUT2D eigenvalue weighted by atomic mass is 35.5. The smallest absolute Gasteiger partial charge is 0.271 e. The van der Waals surface area contributed by atoms with E-state index >= 15 is 0 Å². The predicted octanol–water partition coefficient (Wildman–Crippen LogP) is 4.82. The van der Waals surface area contributed by atoms with Crippen molar-refractivity contribution in [3.05, 3.63) is 100 Å². The van der Waals surface area contributed by atoms with Gasteiger partial charge in [0.25, 0.3) is 5.91 Å². The van der Waals surface area contributed by atoms with Crippen LogP contribution >= 0.6 is 11.6 Å². The highest BCUT2D eigenvalue weighted by molar-refractivity contribution is 6.30. The lowest BCUT2D eigenvalue weighted by Crippen LogP contribution is -2.17. The Hall–Kier alpha value is -3.18. The maximum Gasteiger partial charge on any atom is 0.271 e. The number of benzene rings is 3. The molecule has 3 rings (SSSR count). The molecule has 27 heavy (non-hydrogen) atoms. The lowest BCUT2D eigenvalue weighted by molar-refractivity contribution is 0.0955. The van der Waals surface area contributed by atoms with Crippen LogP contribution in [0.4, 0.5) is 4.39 Å². The van der Waals surface area contributed by atoms with Crippen LogP contribution in [0.3, 0.4) is 0 Å². The van der Waals surface area contributed by atoms with E-state index in [1.54, 1.807) is 6.07 Å². The number of nitrogens with one attached hydrogen (secondary N) is 1. The third kappa shape index (κ3) is 5.66. The van der Waals surface area contributed by atoms with Crippen molar-refractivity contribution >= 4 is 23.7 Å². The summed E-state index contributed by atoms with van der Waals surface area (Å²) in [6.07, 6.45) is 1.51. The largest absolute Gasteiger partial charge is 0.489 e. The molecule has 0 aliphatic carbocycles. The summed E-state index contributed by atoms with van der Waals surface area (Å²) in [5, 5.41) is 4.58. The number of hydrazone groups is 1. The van der Waals surface area contributed by atoms with Gasteiger partial charge < -0.3 is 4.74 Å². The number of carbonyl (C=O) groups is 1. The summed E-state index contributed by atoms with van der Waals surface area (Å²) in [4.78, 5) is 11.9. The van der Waals surface area contributed by atoms with E-state index in [1.165, 1.54) is 30.5 Å². The first-order chi connectivity index (χ1) is 13.1. The molecule has 0 saturated carbocycles. The standard InChI is InChI=1S/C21H16ClFN2O2/c22-18-5-1-4-16(11-18)14-27-20-6-2-3-15(12-20)13-24-25-21(26)17-7-9-19(23)10-8-17/h1-13H,14H2,(H,25,26)/b24-13-. The second kappa shape index (κ2) is 8.96. The van der Waals surface area contributed by atoms with Gasteiger partial charge in [-0.1, -0.05) is 35.9 Å². The fourth-order valence-corrected chi connectivity index (χ4v) is 2.52. The van der Waals surface area contributed by atoms with E-state index in [0.717, 1.165) is 11.1 Å². The fraction of sp³-hybridized carbons (Fsp3) is 0.0476. The summed E-state index contributed by atoms with van der Waals surface area (Å²) in [7, 11) is 0. The number of nitrogens with zero attached hydrogens (tertiary/aromatic N) is 1. The Balaban J connectivity index is 1.57. The van der Waals surface area contributed by atoms with Gasteiger partial charge in [-0.15, -0.1) is 0 Å². The van der Waals surface area contributed by atoms with Crippen LogP contribution in [-0.4, -0.2) is 12.1 Å². The molecule has 0 spiro atoms. The molecule has 4 nitrogen and oxygen atoms in total. The molecule has 0 radical (unpaired) electrons. The highest BCUT2D eigenvalue weighted by Crippen LogP contribution is 2.16. The summed E-state index contributed by atoms with van der Waals surface area (Å²) in [6, 6.07) is 20.0. The summed E-state index contributed by atoms with van der Waals surface area (Å²) in [5.41, 5.74) is 4.46. The minimum absolute atomic E-state index is 0.326. The van der Waals surface area contributed by atoms with Crippen LogP contribution < -0.4 is 10.2 Å².